The van der Waals surface area contributed by atoms with Gasteiger partial charge in [0.25, 0.3) is 0 Å². The van der Waals surface area contributed by atoms with Crippen LogP contribution in [0.5, 0.6) is 0 Å². The highest BCUT2D eigenvalue weighted by Crippen LogP contribution is 2.44. The van der Waals surface area contributed by atoms with Crippen LogP contribution in [0.3, 0.4) is 0 Å². The number of fused-ring (bicyclic) bond motifs is 9. The molecule has 2 aliphatic carbocycles. The SMILES string of the molecule is Cn1c2cc3c(cc2c2cc4c(cc21)Cc1ccccc1-4)-c1ccccc1C3. The number of hydrogen-bond donors (Lipinski definition) is 0. The van der Waals surface area contributed by atoms with Crippen molar-refractivity contribution in [3.8, 4) is 22.3 Å². The molecule has 132 valence electrons. The molecule has 0 bridgehead atoms. The average molecular weight is 357 g/mol. The van der Waals surface area contributed by atoms with Gasteiger partial charge in [-0.25, -0.2) is 0 Å². The van der Waals surface area contributed by atoms with Crippen molar-refractivity contribution >= 4 is 21.8 Å². The van der Waals surface area contributed by atoms with Gasteiger partial charge < -0.3 is 4.57 Å². The lowest BCUT2D eigenvalue weighted by molar-refractivity contribution is 1.01. The maximum absolute atomic E-state index is 2.44. The Morgan fingerprint density at radius 2 is 1.00 bits per heavy atom. The topological polar surface area (TPSA) is 4.93 Å². The summed E-state index contributed by atoms with van der Waals surface area (Å²) in [5, 5.41) is 2.75. The monoisotopic (exact) mass is 357 g/mol. The zero-order valence-corrected chi connectivity index (χ0v) is 15.8. The molecule has 0 amide bonds. The van der Waals surface area contributed by atoms with Crippen LogP contribution in [-0.4, -0.2) is 4.57 Å². The summed E-state index contributed by atoms with van der Waals surface area (Å²) in [4.78, 5) is 0. The van der Waals surface area contributed by atoms with E-state index >= 15 is 0 Å². The third-order valence-electron chi connectivity index (χ3n) is 6.83. The second-order valence-electron chi connectivity index (χ2n) is 8.28. The Hall–Kier alpha value is -3.32. The number of rotatable bonds is 0. The Balaban J connectivity index is 1.57. The molecular formula is C27H19N. The van der Waals surface area contributed by atoms with E-state index in [1.807, 2.05) is 0 Å². The number of benzene rings is 4. The Labute approximate surface area is 163 Å². The van der Waals surface area contributed by atoms with E-state index in [1.165, 1.54) is 66.3 Å². The van der Waals surface area contributed by atoms with E-state index in [2.05, 4.69) is 84.4 Å². The van der Waals surface area contributed by atoms with Crippen LogP contribution >= 0.6 is 0 Å². The van der Waals surface area contributed by atoms with Crippen LogP contribution in [0.2, 0.25) is 0 Å². The fraction of sp³-hybridized carbons (Fsp3) is 0.111. The van der Waals surface area contributed by atoms with Gasteiger partial charge in [-0.15, -0.1) is 0 Å². The standard InChI is InChI=1S/C27H19N/c1-28-26-12-18-10-16-6-2-4-8-20(16)22(18)14-24(26)25-15-23-19(13-27(25)28)11-17-7-3-5-9-21(17)23/h2-9,12-15H,10-11H2,1H3. The van der Waals surface area contributed by atoms with Crippen LogP contribution in [0.15, 0.2) is 72.8 Å². The van der Waals surface area contributed by atoms with Crippen molar-refractivity contribution < 1.29 is 0 Å². The maximum atomic E-state index is 2.44. The molecule has 0 aliphatic heterocycles. The number of hydrogen-bond acceptors (Lipinski definition) is 0. The van der Waals surface area contributed by atoms with E-state index in [1.54, 1.807) is 0 Å². The van der Waals surface area contributed by atoms with Gasteiger partial charge in [0.15, 0.2) is 0 Å². The van der Waals surface area contributed by atoms with Gasteiger partial charge in [-0.2, -0.15) is 0 Å². The van der Waals surface area contributed by atoms with E-state index in [-0.39, 0.29) is 0 Å². The molecule has 1 aromatic heterocycles. The lowest BCUT2D eigenvalue weighted by Gasteiger charge is -2.03. The van der Waals surface area contributed by atoms with E-state index in [4.69, 9.17) is 0 Å². The first-order valence-electron chi connectivity index (χ1n) is 10.0. The van der Waals surface area contributed by atoms with Crippen LogP contribution in [0.25, 0.3) is 44.1 Å². The first-order valence-corrected chi connectivity index (χ1v) is 10.0. The van der Waals surface area contributed by atoms with Crippen LogP contribution in [0, 0.1) is 0 Å². The summed E-state index contributed by atoms with van der Waals surface area (Å²) >= 11 is 0. The predicted molar refractivity (Wildman–Crippen MR) is 117 cm³/mol. The average Bonchev–Trinajstić information content (AvgIpc) is 3.35. The first kappa shape index (κ1) is 14.7. The minimum absolute atomic E-state index is 1.05. The van der Waals surface area contributed by atoms with Gasteiger partial charge in [-0.1, -0.05) is 48.5 Å². The van der Waals surface area contributed by atoms with E-state index in [9.17, 15) is 0 Å². The molecule has 0 N–H and O–H groups in total. The summed E-state index contributed by atoms with van der Waals surface area (Å²) in [5.41, 5.74) is 14.1. The lowest BCUT2D eigenvalue weighted by Crippen LogP contribution is -1.89. The highest BCUT2D eigenvalue weighted by atomic mass is 14.9. The van der Waals surface area contributed by atoms with Crippen LogP contribution in [0.1, 0.15) is 22.3 Å². The third kappa shape index (κ3) is 1.72. The Bertz CT molecular complexity index is 1350. The zero-order valence-electron chi connectivity index (χ0n) is 15.8. The van der Waals surface area contributed by atoms with Crippen molar-refractivity contribution in [2.24, 2.45) is 7.05 Å². The summed E-state index contributed by atoms with van der Waals surface area (Å²) in [6.07, 6.45) is 2.10. The van der Waals surface area contributed by atoms with Gasteiger partial charge in [0.05, 0.1) is 0 Å². The van der Waals surface area contributed by atoms with Gasteiger partial charge in [-0.3, -0.25) is 0 Å². The highest BCUT2D eigenvalue weighted by Gasteiger charge is 2.23. The Kier molecular flexibility index (Phi) is 2.59. The van der Waals surface area contributed by atoms with Gasteiger partial charge in [0.2, 0.25) is 0 Å². The molecule has 2 aliphatic rings. The van der Waals surface area contributed by atoms with Gasteiger partial charge in [-0.05, 0) is 81.6 Å². The summed E-state index contributed by atoms with van der Waals surface area (Å²) in [5.74, 6) is 0. The Morgan fingerprint density at radius 1 is 0.536 bits per heavy atom. The van der Waals surface area contributed by atoms with E-state index in [0.717, 1.165) is 12.8 Å². The molecule has 0 radical (unpaired) electrons. The minimum atomic E-state index is 1.05. The molecule has 0 fully saturated rings. The van der Waals surface area contributed by atoms with Gasteiger partial charge >= 0.3 is 0 Å². The Morgan fingerprint density at radius 3 is 1.50 bits per heavy atom. The normalized spacial score (nSPS) is 13.6. The molecule has 0 spiro atoms. The van der Waals surface area contributed by atoms with Crippen molar-refractivity contribution in [2.75, 3.05) is 0 Å². The molecule has 28 heavy (non-hydrogen) atoms. The summed E-state index contributed by atoms with van der Waals surface area (Å²) in [7, 11) is 2.22. The molecule has 0 saturated heterocycles. The zero-order chi connectivity index (χ0) is 18.4. The summed E-state index contributed by atoms with van der Waals surface area (Å²) in [6, 6.07) is 27.4. The van der Waals surface area contributed by atoms with Crippen molar-refractivity contribution in [2.45, 2.75) is 12.8 Å². The predicted octanol–water partition coefficient (Wildman–Crippen LogP) is 6.47. The van der Waals surface area contributed by atoms with Crippen molar-refractivity contribution in [3.05, 3.63) is 95.1 Å². The second kappa shape index (κ2) is 4.94. The summed E-state index contributed by atoms with van der Waals surface area (Å²) < 4.78 is 2.39. The smallest absolute Gasteiger partial charge is 0.0492 e. The molecule has 1 nitrogen and oxygen atoms in total. The third-order valence-corrected chi connectivity index (χ3v) is 6.83. The maximum Gasteiger partial charge on any atom is 0.0492 e. The van der Waals surface area contributed by atoms with Crippen LogP contribution in [-0.2, 0) is 19.9 Å². The largest absolute Gasteiger partial charge is 0.344 e. The number of aryl methyl sites for hydroxylation is 1. The van der Waals surface area contributed by atoms with E-state index < -0.39 is 0 Å². The fourth-order valence-corrected chi connectivity index (χ4v) is 5.46. The number of nitrogens with zero attached hydrogens (tertiary/aromatic N) is 1. The molecule has 0 atom stereocenters. The van der Waals surface area contributed by atoms with Crippen molar-refractivity contribution in [3.63, 3.8) is 0 Å². The minimum Gasteiger partial charge on any atom is -0.344 e. The van der Waals surface area contributed by atoms with E-state index in [0.29, 0.717) is 0 Å². The molecule has 0 saturated carbocycles. The lowest BCUT2D eigenvalue weighted by atomic mass is 10.00. The highest BCUT2D eigenvalue weighted by molar-refractivity contribution is 6.12. The molecule has 0 unspecified atom stereocenters. The molecular weight excluding hydrogens is 338 g/mol. The molecule has 1 heterocycles. The van der Waals surface area contributed by atoms with Crippen molar-refractivity contribution in [1.82, 2.24) is 4.57 Å². The van der Waals surface area contributed by atoms with Gasteiger partial charge in [0, 0.05) is 28.9 Å². The van der Waals surface area contributed by atoms with Gasteiger partial charge in [0.1, 0.15) is 0 Å². The number of aromatic nitrogens is 1. The molecule has 5 aromatic rings. The van der Waals surface area contributed by atoms with Crippen LogP contribution < -0.4 is 0 Å². The molecule has 4 aromatic carbocycles. The van der Waals surface area contributed by atoms with Crippen LogP contribution in [0.4, 0.5) is 0 Å². The molecule has 7 rings (SSSR count). The quantitative estimate of drug-likeness (QED) is 0.293. The second-order valence-corrected chi connectivity index (χ2v) is 8.28. The van der Waals surface area contributed by atoms with Crippen molar-refractivity contribution in [1.29, 1.82) is 0 Å². The fourth-order valence-electron chi connectivity index (χ4n) is 5.46. The first-order chi connectivity index (χ1) is 13.8. The molecule has 1 heteroatoms. The summed E-state index contributed by atoms with van der Waals surface area (Å²) in [6.45, 7) is 0.